The number of hydrogen-bond acceptors (Lipinski definition) is 8. The Hall–Kier alpha value is -4.74. The van der Waals surface area contributed by atoms with Gasteiger partial charge in [0.15, 0.2) is 17.4 Å². The molecule has 0 bridgehead atoms. The van der Waals surface area contributed by atoms with E-state index in [0.717, 1.165) is 24.3 Å². The summed E-state index contributed by atoms with van der Waals surface area (Å²) >= 11 is 0. The molecule has 2 heterocycles. The Morgan fingerprint density at radius 2 is 1.82 bits per heavy atom. The second-order valence-corrected chi connectivity index (χ2v) is 11.5. The van der Waals surface area contributed by atoms with Crippen LogP contribution in [0.1, 0.15) is 47.6 Å². The highest BCUT2D eigenvalue weighted by atomic mass is 32.2. The molecule has 5 rings (SSSR count). The maximum Gasteiger partial charge on any atom is 0.401 e. The molecule has 0 spiro atoms. The Bertz CT molecular complexity index is 1800. The number of carbonyl (C=O) groups excluding carboxylic acids is 1. The second kappa shape index (κ2) is 11.1. The van der Waals surface area contributed by atoms with Crippen LogP contribution in [0, 0.1) is 5.82 Å². The third-order valence-electron chi connectivity index (χ3n) is 6.93. The third-order valence-corrected chi connectivity index (χ3v) is 7.91. The van der Waals surface area contributed by atoms with Gasteiger partial charge in [0.25, 0.3) is 15.9 Å². The molecule has 1 aliphatic rings. The highest BCUT2D eigenvalue weighted by Gasteiger charge is 2.67. The summed E-state index contributed by atoms with van der Waals surface area (Å²) in [5.41, 5.74) is 3.32. The van der Waals surface area contributed by atoms with Crippen LogP contribution >= 0.6 is 0 Å². The molecule has 44 heavy (non-hydrogen) atoms. The number of halogens is 6. The number of aromatic nitrogens is 3. The summed E-state index contributed by atoms with van der Waals surface area (Å²) in [5.74, 6) is -6.41. The molecule has 18 heteroatoms. The zero-order valence-electron chi connectivity index (χ0n) is 22.4. The van der Waals surface area contributed by atoms with Crippen LogP contribution in [0.3, 0.4) is 0 Å². The Morgan fingerprint density at radius 1 is 1.14 bits per heavy atom. The number of anilines is 3. The minimum atomic E-state index is -5.13. The van der Waals surface area contributed by atoms with Gasteiger partial charge >= 0.3 is 11.9 Å². The van der Waals surface area contributed by atoms with E-state index in [1.807, 2.05) is 0 Å². The molecule has 2 aromatic carbocycles. The topological polar surface area (TPSA) is 165 Å². The summed E-state index contributed by atoms with van der Waals surface area (Å²) in [4.78, 5) is 12.5. The second-order valence-electron chi connectivity index (χ2n) is 9.90. The fourth-order valence-corrected chi connectivity index (χ4v) is 4.97. The van der Waals surface area contributed by atoms with E-state index in [1.54, 1.807) is 4.72 Å². The predicted octanol–water partition coefficient (Wildman–Crippen LogP) is 5.74. The van der Waals surface area contributed by atoms with E-state index in [-0.39, 0.29) is 52.7 Å². The van der Waals surface area contributed by atoms with Crippen molar-refractivity contribution in [1.29, 1.82) is 0 Å². The number of nitrogens with zero attached hydrogens (tertiary/aromatic N) is 2. The molecule has 0 radical (unpaired) electrons. The van der Waals surface area contributed by atoms with E-state index < -0.39 is 51.0 Å². The molecule has 4 aromatic rings. The lowest BCUT2D eigenvalue weighted by Crippen LogP contribution is -2.28. The Morgan fingerprint density at radius 3 is 2.41 bits per heavy atom. The molecule has 0 saturated heterocycles. The number of nitrogens with two attached hydrogens (primary N) is 1. The van der Waals surface area contributed by atoms with Crippen LogP contribution < -0.4 is 20.5 Å². The third kappa shape index (κ3) is 5.88. The Kier molecular flexibility index (Phi) is 7.73. The number of ether oxygens (including phenoxy) is 1. The van der Waals surface area contributed by atoms with Gasteiger partial charge in [-0.1, -0.05) is 23.4 Å². The first-order valence-corrected chi connectivity index (χ1v) is 14.2. The molecule has 1 atom stereocenters. The fourth-order valence-electron chi connectivity index (χ4n) is 4.41. The summed E-state index contributed by atoms with van der Waals surface area (Å²) in [5, 5.41) is 12.7. The van der Waals surface area contributed by atoms with Crippen molar-refractivity contribution in [3.05, 3.63) is 71.2 Å². The van der Waals surface area contributed by atoms with E-state index >= 15 is 0 Å². The number of amides is 1. The number of benzene rings is 2. The molecular formula is C26H22F6N6O5S. The SMILES string of the molecule is C[C@H](Oc1cc(-c2[nH]nc(Nc3cc(C4(C(F)(F)F)CC4)on3)c2C(N)=O)ccc1NS(=O)(=O)C(F)F)c1ccc(F)cc1. The summed E-state index contributed by atoms with van der Waals surface area (Å²) in [7, 11) is -5.13. The fraction of sp³-hybridized carbons (Fsp3) is 0.269. The zero-order valence-corrected chi connectivity index (χ0v) is 23.2. The van der Waals surface area contributed by atoms with Crippen molar-refractivity contribution in [2.45, 2.75) is 43.2 Å². The monoisotopic (exact) mass is 644 g/mol. The van der Waals surface area contributed by atoms with Gasteiger partial charge in [-0.3, -0.25) is 14.6 Å². The van der Waals surface area contributed by atoms with Gasteiger partial charge in [0.2, 0.25) is 0 Å². The van der Waals surface area contributed by atoms with Crippen molar-refractivity contribution < 1.29 is 48.8 Å². The summed E-state index contributed by atoms with van der Waals surface area (Å²) in [6, 6.07) is 9.72. The van der Waals surface area contributed by atoms with Crippen LogP contribution in [-0.2, 0) is 15.4 Å². The first-order chi connectivity index (χ1) is 20.6. The maximum absolute atomic E-state index is 13.5. The molecule has 1 fully saturated rings. The van der Waals surface area contributed by atoms with Crippen molar-refractivity contribution in [3.63, 3.8) is 0 Å². The predicted molar refractivity (Wildman–Crippen MR) is 143 cm³/mol. The molecule has 0 unspecified atom stereocenters. The van der Waals surface area contributed by atoms with Crippen LogP contribution in [0.2, 0.25) is 0 Å². The van der Waals surface area contributed by atoms with Crippen molar-refractivity contribution >= 4 is 33.3 Å². The minimum Gasteiger partial charge on any atom is -0.484 e. The molecule has 11 nitrogen and oxygen atoms in total. The first-order valence-electron chi connectivity index (χ1n) is 12.7. The quantitative estimate of drug-likeness (QED) is 0.150. The lowest BCUT2D eigenvalue weighted by atomic mass is 10.0. The van der Waals surface area contributed by atoms with Crippen molar-refractivity contribution in [2.24, 2.45) is 5.73 Å². The summed E-state index contributed by atoms with van der Waals surface area (Å²) < 4.78 is 116. The number of rotatable bonds is 11. The largest absolute Gasteiger partial charge is 0.484 e. The van der Waals surface area contributed by atoms with Crippen molar-refractivity contribution in [3.8, 4) is 17.0 Å². The van der Waals surface area contributed by atoms with Crippen LogP contribution in [-0.4, -0.2) is 41.6 Å². The number of aromatic amines is 1. The van der Waals surface area contributed by atoms with E-state index in [9.17, 15) is 39.6 Å². The van der Waals surface area contributed by atoms with Gasteiger partial charge in [0.05, 0.1) is 11.4 Å². The van der Waals surface area contributed by atoms with E-state index in [2.05, 4.69) is 20.7 Å². The number of sulfonamides is 1. The highest BCUT2D eigenvalue weighted by Crippen LogP contribution is 2.59. The van der Waals surface area contributed by atoms with Gasteiger partial charge < -0.3 is 20.3 Å². The smallest absolute Gasteiger partial charge is 0.401 e. The van der Waals surface area contributed by atoms with Gasteiger partial charge in [0.1, 0.15) is 28.6 Å². The molecule has 1 saturated carbocycles. The summed E-state index contributed by atoms with van der Waals surface area (Å²) in [6.45, 7) is 1.54. The highest BCUT2D eigenvalue weighted by molar-refractivity contribution is 7.93. The van der Waals surface area contributed by atoms with Gasteiger partial charge in [-0.2, -0.15) is 27.1 Å². The van der Waals surface area contributed by atoms with Crippen molar-refractivity contribution in [1.82, 2.24) is 15.4 Å². The van der Waals surface area contributed by atoms with Crippen LogP contribution in [0.4, 0.5) is 43.7 Å². The summed E-state index contributed by atoms with van der Waals surface area (Å²) in [6.07, 6.45) is -5.73. The number of hydrogen-bond donors (Lipinski definition) is 4. The average molecular weight is 645 g/mol. The lowest BCUT2D eigenvalue weighted by molar-refractivity contribution is -0.165. The van der Waals surface area contributed by atoms with E-state index in [0.29, 0.717) is 5.56 Å². The standard InChI is InChI=1S/C26H22F6N6O5S/c1-12(13-2-5-15(27)6-3-13)42-17-10-14(4-7-16(17)38-44(40,41)24(28)29)21-20(22(33)39)23(36-35-21)34-19-11-18(43-37-19)25(8-9-25)26(30,31)32/h2-7,10-12,24,38H,8-9H2,1H3,(H2,33,39)(H2,34,35,36,37)/t12-/m0/s1. The molecule has 1 amide bonds. The Balaban J connectivity index is 1.49. The van der Waals surface area contributed by atoms with Crippen LogP contribution in [0.5, 0.6) is 5.75 Å². The normalized spacial score (nSPS) is 15.2. The first kappa shape index (κ1) is 30.7. The minimum absolute atomic E-state index is 0.0415. The van der Waals surface area contributed by atoms with E-state index in [1.165, 1.54) is 31.2 Å². The van der Waals surface area contributed by atoms with Gasteiger partial charge in [-0.25, -0.2) is 12.8 Å². The average Bonchev–Trinajstić information content (AvgIpc) is 3.47. The van der Waals surface area contributed by atoms with Gasteiger partial charge in [-0.05, 0) is 49.6 Å². The van der Waals surface area contributed by atoms with Crippen LogP contribution in [0.15, 0.2) is 53.1 Å². The zero-order chi connectivity index (χ0) is 32.0. The lowest BCUT2D eigenvalue weighted by Gasteiger charge is -2.19. The number of primary amides is 1. The molecule has 5 N–H and O–H groups in total. The maximum atomic E-state index is 13.5. The van der Waals surface area contributed by atoms with Gasteiger partial charge in [0, 0.05) is 11.6 Å². The van der Waals surface area contributed by atoms with Gasteiger partial charge in [-0.15, -0.1) is 0 Å². The molecule has 0 aliphatic heterocycles. The molecule has 234 valence electrons. The number of nitrogens with one attached hydrogen (secondary N) is 3. The number of alkyl halides is 5. The Labute approximate surface area is 244 Å². The molecular weight excluding hydrogens is 622 g/mol. The van der Waals surface area contributed by atoms with Crippen molar-refractivity contribution in [2.75, 3.05) is 10.0 Å². The van der Waals surface area contributed by atoms with E-state index in [4.69, 9.17) is 15.0 Å². The molecule has 2 aromatic heterocycles. The van der Waals surface area contributed by atoms with Crippen LogP contribution in [0.25, 0.3) is 11.3 Å². The number of H-pyrrole nitrogens is 1. The number of carbonyl (C=O) groups is 1. The molecule has 1 aliphatic carbocycles.